The molecule has 0 unspecified atom stereocenters. The Morgan fingerprint density at radius 1 is 0.657 bits per heavy atom. The molecule has 0 aliphatic carbocycles. The average molecular weight is 504 g/mol. The molecule has 0 saturated heterocycles. The van der Waals surface area contributed by atoms with Crippen molar-refractivity contribution in [3.05, 3.63) is 0 Å². The molecule has 0 aromatic heterocycles. The first-order valence-corrected chi connectivity index (χ1v) is 12.3. The molecular weight excluding hydrogens is 454 g/mol. The van der Waals surface area contributed by atoms with Crippen LogP contribution in [-0.4, -0.2) is 97.2 Å². The Morgan fingerprint density at radius 2 is 1.09 bits per heavy atom. The van der Waals surface area contributed by atoms with Gasteiger partial charge in [0.2, 0.25) is 0 Å². The van der Waals surface area contributed by atoms with Gasteiger partial charge in [-0.15, -0.1) is 0 Å². The molecule has 0 fully saturated rings. The fourth-order valence-electron chi connectivity index (χ4n) is 2.76. The average Bonchev–Trinajstić information content (AvgIpc) is 2.63. The molecule has 0 heterocycles. The lowest BCUT2D eigenvalue weighted by Crippen LogP contribution is -2.46. The number of rotatable bonds is 12. The smallest absolute Gasteiger partial charge is 0.410 e. The Hall–Kier alpha value is -2.27. The van der Waals surface area contributed by atoms with Crippen molar-refractivity contribution < 1.29 is 28.6 Å². The van der Waals surface area contributed by atoms with E-state index in [-0.39, 0.29) is 0 Å². The standard InChI is InChI=1S/C24H49N5O6/c1-22(2,3)33-19(30)26-12-15-28(16-13-27-20(31)34-23(4,5)6)17-18-29(14-10-11-25)21(32)35-24(7,8)9/h10-18,25H2,1-9H3,(H,26,30)(H,27,31). The van der Waals surface area contributed by atoms with Crippen LogP contribution in [0.5, 0.6) is 0 Å². The van der Waals surface area contributed by atoms with Crippen molar-refractivity contribution in [3.8, 4) is 0 Å². The summed E-state index contributed by atoms with van der Waals surface area (Å²) in [5.41, 5.74) is 3.87. The van der Waals surface area contributed by atoms with Gasteiger partial charge in [0.05, 0.1) is 0 Å². The highest BCUT2D eigenvalue weighted by molar-refractivity contribution is 5.68. The first-order valence-electron chi connectivity index (χ1n) is 12.3. The minimum atomic E-state index is -0.605. The van der Waals surface area contributed by atoms with E-state index in [1.807, 2.05) is 25.7 Å². The van der Waals surface area contributed by atoms with Crippen LogP contribution in [0, 0.1) is 0 Å². The van der Waals surface area contributed by atoms with E-state index in [0.717, 1.165) is 0 Å². The maximum Gasteiger partial charge on any atom is 0.410 e. The van der Waals surface area contributed by atoms with Gasteiger partial charge in [0.15, 0.2) is 0 Å². The maximum atomic E-state index is 12.6. The number of hydrogen-bond donors (Lipinski definition) is 3. The van der Waals surface area contributed by atoms with E-state index in [2.05, 4.69) is 10.6 Å². The van der Waals surface area contributed by atoms with Crippen molar-refractivity contribution in [1.82, 2.24) is 20.4 Å². The lowest BCUT2D eigenvalue weighted by Gasteiger charge is -2.30. The molecule has 3 amide bonds. The second kappa shape index (κ2) is 15.0. The monoisotopic (exact) mass is 503 g/mol. The van der Waals surface area contributed by atoms with Crippen molar-refractivity contribution in [2.45, 2.75) is 85.5 Å². The third kappa shape index (κ3) is 19.7. The van der Waals surface area contributed by atoms with Gasteiger partial charge in [-0.05, 0) is 75.3 Å². The first kappa shape index (κ1) is 32.7. The van der Waals surface area contributed by atoms with E-state index in [0.29, 0.717) is 58.8 Å². The molecule has 0 atom stereocenters. The highest BCUT2D eigenvalue weighted by Crippen LogP contribution is 2.11. The molecule has 0 aromatic carbocycles. The molecule has 0 aromatic rings. The molecule has 0 rings (SSSR count). The van der Waals surface area contributed by atoms with Gasteiger partial charge in [-0.25, -0.2) is 14.4 Å². The van der Waals surface area contributed by atoms with Gasteiger partial charge in [-0.3, -0.25) is 4.90 Å². The van der Waals surface area contributed by atoms with Crippen molar-refractivity contribution in [2.75, 3.05) is 52.4 Å². The van der Waals surface area contributed by atoms with E-state index in [1.165, 1.54) is 0 Å². The number of carbonyl (C=O) groups excluding carboxylic acids is 3. The van der Waals surface area contributed by atoms with Gasteiger partial charge >= 0.3 is 18.3 Å². The molecule has 0 bridgehead atoms. The van der Waals surface area contributed by atoms with E-state index >= 15 is 0 Å². The molecule has 11 nitrogen and oxygen atoms in total. The molecule has 206 valence electrons. The molecule has 0 aliphatic heterocycles. The summed E-state index contributed by atoms with van der Waals surface area (Å²) in [5, 5.41) is 5.48. The van der Waals surface area contributed by atoms with Gasteiger partial charge in [0, 0.05) is 45.8 Å². The van der Waals surface area contributed by atoms with E-state index < -0.39 is 35.1 Å². The number of carbonyl (C=O) groups is 3. The minimum Gasteiger partial charge on any atom is -0.444 e. The van der Waals surface area contributed by atoms with Crippen LogP contribution in [0.1, 0.15) is 68.7 Å². The Bertz CT molecular complexity index is 618. The largest absolute Gasteiger partial charge is 0.444 e. The van der Waals surface area contributed by atoms with Crippen molar-refractivity contribution in [3.63, 3.8) is 0 Å². The zero-order valence-corrected chi connectivity index (χ0v) is 23.3. The number of hydrogen-bond acceptors (Lipinski definition) is 8. The van der Waals surface area contributed by atoms with Crippen LogP contribution in [0.3, 0.4) is 0 Å². The van der Waals surface area contributed by atoms with Gasteiger partial charge in [0.25, 0.3) is 0 Å². The topological polar surface area (TPSA) is 135 Å². The molecule has 35 heavy (non-hydrogen) atoms. The molecule has 0 spiro atoms. The summed E-state index contributed by atoms with van der Waals surface area (Å²) in [4.78, 5) is 40.3. The maximum absolute atomic E-state index is 12.6. The summed E-state index contributed by atoms with van der Waals surface area (Å²) >= 11 is 0. The zero-order chi connectivity index (χ0) is 27.3. The third-order valence-electron chi connectivity index (χ3n) is 4.16. The summed E-state index contributed by atoms with van der Waals surface area (Å²) < 4.78 is 16.1. The predicted octanol–water partition coefficient (Wildman–Crippen LogP) is 2.92. The van der Waals surface area contributed by atoms with Gasteiger partial charge in [-0.2, -0.15) is 0 Å². The van der Waals surface area contributed by atoms with Crippen LogP contribution in [-0.2, 0) is 14.2 Å². The SMILES string of the molecule is CC(C)(C)OC(=O)NCCN(CCNC(=O)OC(C)(C)C)CCN(CCCN)C(=O)OC(C)(C)C. The van der Waals surface area contributed by atoms with Crippen LogP contribution in [0.4, 0.5) is 14.4 Å². The Kier molecular flexibility index (Phi) is 14.0. The van der Waals surface area contributed by atoms with Crippen LogP contribution in [0.2, 0.25) is 0 Å². The molecule has 4 N–H and O–H groups in total. The summed E-state index contributed by atoms with van der Waals surface area (Å²) in [5.74, 6) is 0. The van der Waals surface area contributed by atoms with Crippen LogP contribution in [0.25, 0.3) is 0 Å². The van der Waals surface area contributed by atoms with E-state index in [1.54, 1.807) is 46.4 Å². The lowest BCUT2D eigenvalue weighted by molar-refractivity contribution is 0.0232. The van der Waals surface area contributed by atoms with Crippen LogP contribution in [0.15, 0.2) is 0 Å². The minimum absolute atomic E-state index is 0.344. The number of nitrogens with zero attached hydrogens (tertiary/aromatic N) is 2. The molecule has 0 aliphatic rings. The van der Waals surface area contributed by atoms with Crippen LogP contribution < -0.4 is 16.4 Å². The number of nitrogens with one attached hydrogen (secondary N) is 2. The molecule has 0 radical (unpaired) electrons. The Morgan fingerprint density at radius 3 is 1.46 bits per heavy atom. The summed E-state index contributed by atoms with van der Waals surface area (Å²) in [6.45, 7) is 19.8. The quantitative estimate of drug-likeness (QED) is 0.346. The molecule has 0 saturated carbocycles. The number of nitrogens with two attached hydrogens (primary N) is 1. The normalized spacial score (nSPS) is 12.2. The second-order valence-electron chi connectivity index (χ2n) is 11.3. The Labute approximate surface area is 211 Å². The second-order valence-corrected chi connectivity index (χ2v) is 11.3. The number of alkyl carbamates (subject to hydrolysis) is 2. The van der Waals surface area contributed by atoms with E-state index in [4.69, 9.17) is 19.9 Å². The van der Waals surface area contributed by atoms with Crippen LogP contribution >= 0.6 is 0 Å². The predicted molar refractivity (Wildman–Crippen MR) is 136 cm³/mol. The highest BCUT2D eigenvalue weighted by Gasteiger charge is 2.23. The van der Waals surface area contributed by atoms with Gasteiger partial charge < -0.3 is 35.5 Å². The highest BCUT2D eigenvalue weighted by atomic mass is 16.6. The third-order valence-corrected chi connectivity index (χ3v) is 4.16. The summed E-state index contributed by atoms with van der Waals surface area (Å²) in [6.07, 6.45) is -0.741. The zero-order valence-electron chi connectivity index (χ0n) is 23.3. The number of ether oxygens (including phenoxy) is 3. The van der Waals surface area contributed by atoms with Gasteiger partial charge in [-0.1, -0.05) is 0 Å². The molecular formula is C24H49N5O6. The fraction of sp³-hybridized carbons (Fsp3) is 0.875. The van der Waals surface area contributed by atoms with E-state index in [9.17, 15) is 14.4 Å². The summed E-state index contributed by atoms with van der Waals surface area (Å²) in [7, 11) is 0. The van der Waals surface area contributed by atoms with Crippen molar-refractivity contribution in [1.29, 1.82) is 0 Å². The van der Waals surface area contributed by atoms with Crippen molar-refractivity contribution in [2.24, 2.45) is 5.73 Å². The lowest BCUT2D eigenvalue weighted by atomic mass is 10.2. The molecule has 11 heteroatoms. The van der Waals surface area contributed by atoms with Gasteiger partial charge in [0.1, 0.15) is 16.8 Å². The fourth-order valence-corrected chi connectivity index (χ4v) is 2.76. The van der Waals surface area contributed by atoms with Crippen molar-refractivity contribution >= 4 is 18.3 Å². The number of amides is 3. The summed E-state index contributed by atoms with van der Waals surface area (Å²) in [6, 6.07) is 0. The Balaban J connectivity index is 5.03. The first-order chi connectivity index (χ1) is 15.9.